The first kappa shape index (κ1) is 33.0. The van der Waals surface area contributed by atoms with Gasteiger partial charge in [0.2, 0.25) is 0 Å². The fourth-order valence-corrected chi connectivity index (χ4v) is 6.99. The van der Waals surface area contributed by atoms with Gasteiger partial charge in [0.05, 0.1) is 30.4 Å². The van der Waals surface area contributed by atoms with Gasteiger partial charge in [-0.1, -0.05) is 41.5 Å². The van der Waals surface area contributed by atoms with E-state index in [2.05, 4.69) is 4.99 Å². The van der Waals surface area contributed by atoms with Gasteiger partial charge in [-0.25, -0.2) is 4.79 Å². The molecule has 0 radical (unpaired) electrons. The molecule has 12 heteroatoms. The summed E-state index contributed by atoms with van der Waals surface area (Å²) in [5.41, 5.74) is -1.89. The first-order valence-corrected chi connectivity index (χ1v) is 15.5. The summed E-state index contributed by atoms with van der Waals surface area (Å²) in [5.74, 6) is -1.07. The van der Waals surface area contributed by atoms with Crippen LogP contribution >= 0.6 is 11.3 Å². The molecular weight excluding hydrogens is 583 g/mol. The van der Waals surface area contributed by atoms with E-state index >= 15 is 0 Å². The Morgan fingerprint density at radius 2 is 1.84 bits per heavy atom. The number of carbonyl (C=O) groups is 2. The van der Waals surface area contributed by atoms with Crippen molar-refractivity contribution < 1.29 is 37.3 Å². The molecule has 2 aliphatic heterocycles. The smallest absolute Gasteiger partial charge is 0.416 e. The molecule has 1 unspecified atom stereocenters. The van der Waals surface area contributed by atoms with E-state index in [0.29, 0.717) is 37.3 Å². The van der Waals surface area contributed by atoms with Crippen LogP contribution in [0.2, 0.25) is 0 Å². The molecule has 8 nitrogen and oxygen atoms in total. The molecule has 1 aromatic carbocycles. The maximum absolute atomic E-state index is 13.7. The Kier molecular flexibility index (Phi) is 9.71. The van der Waals surface area contributed by atoms with E-state index in [9.17, 15) is 27.9 Å². The zero-order valence-corrected chi connectivity index (χ0v) is 26.5. The van der Waals surface area contributed by atoms with Crippen LogP contribution in [-0.4, -0.2) is 58.5 Å². The summed E-state index contributed by atoms with van der Waals surface area (Å²) in [6.07, 6.45) is -0.628. The normalized spacial score (nSPS) is 22.2. The number of rotatable bonds is 6. The second-order valence-corrected chi connectivity index (χ2v) is 14.6. The van der Waals surface area contributed by atoms with Crippen LogP contribution in [0.4, 0.5) is 18.0 Å². The van der Waals surface area contributed by atoms with Crippen molar-refractivity contribution in [3.05, 3.63) is 45.2 Å². The highest BCUT2D eigenvalue weighted by Crippen LogP contribution is 2.38. The fourth-order valence-electron chi connectivity index (χ4n) is 5.93. The Labute approximate surface area is 254 Å². The number of benzene rings is 1. The zero-order chi connectivity index (χ0) is 31.7. The molecule has 3 atom stereocenters. The third-order valence-electron chi connectivity index (χ3n) is 7.96. The topological polar surface area (TPSA) is 93.4 Å². The lowest BCUT2D eigenvalue weighted by Crippen LogP contribution is -2.55. The number of thiazole rings is 1. The lowest BCUT2D eigenvalue weighted by atomic mass is 9.74. The summed E-state index contributed by atoms with van der Waals surface area (Å²) in [6.45, 7) is 13.6. The number of aromatic nitrogens is 1. The van der Waals surface area contributed by atoms with E-state index in [1.807, 2.05) is 52.3 Å². The van der Waals surface area contributed by atoms with Crippen LogP contribution < -0.4 is 9.54 Å². The Balaban J connectivity index is 1.70. The predicted octanol–water partition coefficient (Wildman–Crippen LogP) is 6.97. The summed E-state index contributed by atoms with van der Waals surface area (Å²) in [6, 6.07) is 2.47. The van der Waals surface area contributed by atoms with Crippen LogP contribution in [0.25, 0.3) is 0 Å². The standard InChI is InChI=1S/C31H42F3N3O5S/c1-29(2,3)24-17-36(16-21-10-8-14-41-21)27(43-24)35-26(38)22-15-20(31(32,33)34)11-12-23(22)42-18-19-9-7-13-37(28(39)40)25(19)30(4,5)6/h11-12,15,17,19,21,25H,7-10,13-14,16,18H2,1-6H3,(H,39,40)/t19-,21+,25?/m0/s1. The molecule has 4 rings (SSSR count). The van der Waals surface area contributed by atoms with Crippen LogP contribution in [0.15, 0.2) is 29.4 Å². The molecule has 2 amide bonds. The number of halogens is 3. The van der Waals surface area contributed by atoms with Crippen molar-refractivity contribution in [3.8, 4) is 5.75 Å². The molecule has 3 heterocycles. The molecule has 2 fully saturated rings. The summed E-state index contributed by atoms with van der Waals surface area (Å²) < 4.78 is 54.9. The molecule has 2 saturated heterocycles. The average Bonchev–Trinajstić information content (AvgIpc) is 3.56. The molecule has 0 bridgehead atoms. The minimum Gasteiger partial charge on any atom is -0.492 e. The monoisotopic (exact) mass is 625 g/mol. The van der Waals surface area contributed by atoms with Crippen LogP contribution in [0.5, 0.6) is 5.75 Å². The van der Waals surface area contributed by atoms with Gasteiger partial charge in [0, 0.05) is 36.2 Å². The second-order valence-electron chi connectivity index (χ2n) is 13.5. The molecule has 0 aliphatic carbocycles. The first-order chi connectivity index (χ1) is 19.9. The van der Waals surface area contributed by atoms with Crippen LogP contribution in [-0.2, 0) is 22.9 Å². The third kappa shape index (κ3) is 8.00. The Morgan fingerprint density at radius 1 is 1.12 bits per heavy atom. The van der Waals surface area contributed by atoms with E-state index < -0.39 is 29.2 Å². The minimum atomic E-state index is -4.67. The largest absolute Gasteiger partial charge is 0.492 e. The summed E-state index contributed by atoms with van der Waals surface area (Å²) in [4.78, 5) is 32.7. The van der Waals surface area contributed by atoms with Gasteiger partial charge < -0.3 is 24.0 Å². The van der Waals surface area contributed by atoms with E-state index in [1.54, 1.807) is 0 Å². The maximum atomic E-state index is 13.7. The molecule has 1 aromatic heterocycles. The van der Waals surface area contributed by atoms with Crippen molar-refractivity contribution in [3.63, 3.8) is 0 Å². The second kappa shape index (κ2) is 12.6. The van der Waals surface area contributed by atoms with Gasteiger partial charge in [-0.15, -0.1) is 11.3 Å². The minimum absolute atomic E-state index is 0.0138. The number of carboxylic acid groups (broad SMARTS) is 1. The molecular formula is C31H42F3N3O5S. The van der Waals surface area contributed by atoms with Crippen molar-refractivity contribution in [2.24, 2.45) is 16.3 Å². The number of hydrogen-bond acceptors (Lipinski definition) is 5. The highest BCUT2D eigenvalue weighted by molar-refractivity contribution is 7.09. The number of piperidine rings is 1. The highest BCUT2D eigenvalue weighted by atomic mass is 32.1. The number of carbonyl (C=O) groups excluding carboxylic acids is 1. The maximum Gasteiger partial charge on any atom is 0.416 e. The summed E-state index contributed by atoms with van der Waals surface area (Å²) in [5, 5.41) is 9.82. The van der Waals surface area contributed by atoms with Crippen LogP contribution in [0, 0.1) is 11.3 Å². The molecule has 238 valence electrons. The number of likely N-dealkylation sites (tertiary alicyclic amines) is 1. The Hall–Kier alpha value is -2.86. The average molecular weight is 626 g/mol. The van der Waals surface area contributed by atoms with E-state index in [1.165, 1.54) is 16.2 Å². The number of hydrogen-bond donors (Lipinski definition) is 1. The van der Waals surface area contributed by atoms with E-state index in [0.717, 1.165) is 35.9 Å². The molecule has 0 saturated carbocycles. The first-order valence-electron chi connectivity index (χ1n) is 14.7. The molecule has 2 aromatic rings. The van der Waals surface area contributed by atoms with Crippen molar-refractivity contribution in [2.75, 3.05) is 19.8 Å². The molecule has 2 aliphatic rings. The van der Waals surface area contributed by atoms with Gasteiger partial charge in [0.25, 0.3) is 5.91 Å². The fraction of sp³-hybridized carbons (Fsp3) is 0.645. The van der Waals surface area contributed by atoms with Gasteiger partial charge in [0.15, 0.2) is 4.80 Å². The van der Waals surface area contributed by atoms with Crippen LogP contribution in [0.3, 0.4) is 0 Å². The SMILES string of the molecule is CC(C)(C)c1cn(C[C@H]2CCCO2)c(=NC(=O)c2cc(C(F)(F)F)ccc2OC[C@@H]2CCCN(C(=O)O)C2C(C)(C)C)s1. The van der Waals surface area contributed by atoms with Crippen molar-refractivity contribution in [1.82, 2.24) is 9.47 Å². The number of alkyl halides is 3. The van der Waals surface area contributed by atoms with Gasteiger partial charge in [0.1, 0.15) is 5.75 Å². The van der Waals surface area contributed by atoms with Crippen molar-refractivity contribution in [2.45, 2.75) is 97.5 Å². The van der Waals surface area contributed by atoms with Gasteiger partial charge in [-0.3, -0.25) is 4.79 Å². The lowest BCUT2D eigenvalue weighted by Gasteiger charge is -2.46. The lowest BCUT2D eigenvalue weighted by molar-refractivity contribution is -0.137. The quantitative estimate of drug-likeness (QED) is 0.374. The van der Waals surface area contributed by atoms with Crippen molar-refractivity contribution in [1.29, 1.82) is 0 Å². The number of ether oxygens (including phenoxy) is 2. The van der Waals surface area contributed by atoms with E-state index in [-0.39, 0.29) is 41.4 Å². The van der Waals surface area contributed by atoms with Gasteiger partial charge in [-0.05, 0) is 54.7 Å². The summed E-state index contributed by atoms with van der Waals surface area (Å²) >= 11 is 1.33. The predicted molar refractivity (Wildman–Crippen MR) is 158 cm³/mol. The highest BCUT2D eigenvalue weighted by Gasteiger charge is 2.42. The molecule has 43 heavy (non-hydrogen) atoms. The molecule has 1 N–H and O–H groups in total. The van der Waals surface area contributed by atoms with Crippen LogP contribution in [0.1, 0.15) is 88.0 Å². The zero-order valence-electron chi connectivity index (χ0n) is 25.7. The Bertz CT molecular complexity index is 1380. The summed E-state index contributed by atoms with van der Waals surface area (Å²) in [7, 11) is 0. The number of amides is 2. The van der Waals surface area contributed by atoms with Gasteiger partial charge in [-0.2, -0.15) is 18.2 Å². The van der Waals surface area contributed by atoms with Crippen molar-refractivity contribution >= 4 is 23.3 Å². The molecule has 0 spiro atoms. The van der Waals surface area contributed by atoms with Gasteiger partial charge >= 0.3 is 12.3 Å². The van der Waals surface area contributed by atoms with E-state index in [4.69, 9.17) is 9.47 Å². The number of nitrogens with zero attached hydrogens (tertiary/aromatic N) is 3. The third-order valence-corrected chi connectivity index (χ3v) is 9.41. The Morgan fingerprint density at radius 3 is 2.42 bits per heavy atom.